The highest BCUT2D eigenvalue weighted by Crippen LogP contribution is 2.85. The van der Waals surface area contributed by atoms with Gasteiger partial charge in [-0.1, -0.05) is 91.5 Å². The van der Waals surface area contributed by atoms with E-state index in [0.717, 1.165) is 5.75 Å². The Morgan fingerprint density at radius 2 is 1.45 bits per heavy atom. The van der Waals surface area contributed by atoms with Gasteiger partial charge in [-0.05, 0) is 93.7 Å². The summed E-state index contributed by atoms with van der Waals surface area (Å²) in [5.41, 5.74) is 9.99. The Morgan fingerprint density at radius 1 is 0.711 bits per heavy atom. The Morgan fingerprint density at radius 3 is 2.32 bits per heavy atom. The molecule has 3 heteroatoms. The van der Waals surface area contributed by atoms with Crippen molar-refractivity contribution in [2.75, 3.05) is 5.75 Å². The summed E-state index contributed by atoms with van der Waals surface area (Å²) in [5, 5.41) is 2.78. The van der Waals surface area contributed by atoms with Gasteiger partial charge < -0.3 is 0 Å². The molecule has 38 heavy (non-hydrogen) atoms. The lowest BCUT2D eigenvalue weighted by Gasteiger charge is -2.38. The van der Waals surface area contributed by atoms with Gasteiger partial charge in [0.2, 0.25) is 0 Å². The van der Waals surface area contributed by atoms with Gasteiger partial charge in [0.15, 0.2) is 0 Å². The van der Waals surface area contributed by atoms with Crippen molar-refractivity contribution in [1.29, 1.82) is 0 Å². The van der Waals surface area contributed by atoms with Crippen molar-refractivity contribution < 1.29 is 0 Å². The van der Waals surface area contributed by atoms with Crippen LogP contribution < -0.4 is 0 Å². The highest BCUT2D eigenvalue weighted by Gasteiger charge is 2.76. The minimum Gasteiger partial charge on any atom is -0.129 e. The first-order valence-electron chi connectivity index (χ1n) is 13.4. The molecule has 0 radical (unpaired) electrons. The van der Waals surface area contributed by atoms with Gasteiger partial charge in [-0.15, -0.1) is 23.5 Å². The fourth-order valence-electron chi connectivity index (χ4n) is 7.16. The third kappa shape index (κ3) is 2.93. The number of benzene rings is 5. The van der Waals surface area contributed by atoms with E-state index in [4.69, 9.17) is 0 Å². The Hall–Kier alpha value is -2.59. The quantitative estimate of drug-likeness (QED) is 0.193. The molecule has 5 aromatic carbocycles. The van der Waals surface area contributed by atoms with Gasteiger partial charge in [-0.25, -0.2) is 0 Å². The average molecular weight is 545 g/mol. The molecule has 1 unspecified atom stereocenters. The van der Waals surface area contributed by atoms with Crippen LogP contribution in [0.5, 0.6) is 0 Å². The zero-order valence-electron chi connectivity index (χ0n) is 21.7. The highest BCUT2D eigenvalue weighted by molar-refractivity contribution is 8.09. The van der Waals surface area contributed by atoms with Crippen molar-refractivity contribution >= 4 is 46.1 Å². The monoisotopic (exact) mass is 544 g/mol. The molecule has 3 heterocycles. The van der Waals surface area contributed by atoms with Crippen molar-refractivity contribution in [2.24, 2.45) is 5.92 Å². The van der Waals surface area contributed by atoms with Gasteiger partial charge in [0.05, 0.1) is 9.49 Å². The molecule has 2 spiro atoms. The number of rotatable bonds is 1. The van der Waals surface area contributed by atoms with Crippen molar-refractivity contribution in [3.8, 4) is 11.1 Å². The molecular formula is C35H28S3. The lowest BCUT2D eigenvalue weighted by molar-refractivity contribution is 0.437. The second kappa shape index (κ2) is 8.21. The van der Waals surface area contributed by atoms with E-state index in [2.05, 4.69) is 130 Å². The molecule has 0 nitrogen and oxygen atoms in total. The molecule has 3 aliphatic rings. The summed E-state index contributed by atoms with van der Waals surface area (Å²) in [6, 6.07) is 36.9. The van der Waals surface area contributed by atoms with Crippen LogP contribution in [-0.4, -0.2) is 5.75 Å². The number of aryl methyl sites for hydroxylation is 2. The van der Waals surface area contributed by atoms with E-state index in [0.29, 0.717) is 5.92 Å². The van der Waals surface area contributed by atoms with Crippen LogP contribution in [0.25, 0.3) is 21.9 Å². The molecular weight excluding hydrogens is 517 g/mol. The van der Waals surface area contributed by atoms with Crippen LogP contribution in [0, 0.1) is 19.8 Å². The molecule has 0 bridgehead atoms. The summed E-state index contributed by atoms with van der Waals surface area (Å²) in [6.45, 7) is 6.99. The fraction of sp³-hybridized carbons (Fsp3) is 0.200. The molecule has 8 rings (SSSR count). The lowest BCUT2D eigenvalue weighted by atomic mass is 9.70. The molecule has 0 N–H and O–H groups in total. The first-order chi connectivity index (χ1) is 18.5. The molecule has 0 saturated carbocycles. The van der Waals surface area contributed by atoms with Crippen molar-refractivity contribution in [3.05, 3.63) is 125 Å². The Labute approximate surface area is 237 Å². The molecule has 0 aliphatic carbocycles. The van der Waals surface area contributed by atoms with Gasteiger partial charge in [-0.2, -0.15) is 0 Å². The molecule has 0 aromatic heterocycles. The number of hydrogen-bond acceptors (Lipinski definition) is 3. The first-order valence-corrected chi connectivity index (χ1v) is 16.0. The van der Waals surface area contributed by atoms with Crippen LogP contribution in [0.4, 0.5) is 0 Å². The van der Waals surface area contributed by atoms with Crippen LogP contribution in [-0.2, 0) is 9.49 Å². The third-order valence-electron chi connectivity index (χ3n) is 8.86. The molecule has 1 fully saturated rings. The summed E-state index contributed by atoms with van der Waals surface area (Å²) >= 11 is 6.22. The third-order valence-corrected chi connectivity index (χ3v) is 13.4. The van der Waals surface area contributed by atoms with Crippen LogP contribution in [0.3, 0.4) is 0 Å². The topological polar surface area (TPSA) is 0 Å². The second-order valence-electron chi connectivity index (χ2n) is 11.0. The van der Waals surface area contributed by atoms with Gasteiger partial charge in [0, 0.05) is 20.4 Å². The molecule has 0 amide bonds. The fourth-order valence-corrected chi connectivity index (χ4v) is 12.0. The Balaban J connectivity index is 1.45. The lowest BCUT2D eigenvalue weighted by Crippen LogP contribution is -2.35. The largest absolute Gasteiger partial charge is 0.129 e. The summed E-state index contributed by atoms with van der Waals surface area (Å²) < 4.78 is -0.0737. The second-order valence-corrected chi connectivity index (χ2v) is 14.6. The maximum Gasteiger partial charge on any atom is 0.0880 e. The zero-order chi connectivity index (χ0) is 25.6. The molecule has 1 saturated heterocycles. The average Bonchev–Trinajstić information content (AvgIpc) is 3.61. The summed E-state index contributed by atoms with van der Waals surface area (Å²) in [6.07, 6.45) is 0. The molecule has 3 atom stereocenters. The number of fused-ring (bicyclic) bond motifs is 9. The maximum absolute atomic E-state index is 2.55. The van der Waals surface area contributed by atoms with E-state index in [1.807, 2.05) is 23.5 Å². The van der Waals surface area contributed by atoms with Gasteiger partial charge in [0.1, 0.15) is 0 Å². The van der Waals surface area contributed by atoms with E-state index in [1.165, 1.54) is 58.8 Å². The Bertz CT molecular complexity index is 1770. The van der Waals surface area contributed by atoms with E-state index in [-0.39, 0.29) is 9.49 Å². The standard InChI is InChI=1S/C35H28S3/c1-21-9-8-10-22(2)32(21)25-16-17-30-28(19-25)35(27-13-6-7-14-29(27)37-30)34(38-35)23(3)20-36-31-18-15-24-11-4-5-12-26(24)33(31)34/h4-19,23H,20H2,1-3H3/t23?,34-,35-/m0/s1. The molecule has 5 aromatic rings. The number of thioether (sulfide) groups is 2. The van der Waals surface area contributed by atoms with Gasteiger partial charge in [0.25, 0.3) is 0 Å². The molecule has 186 valence electrons. The summed E-state index contributed by atoms with van der Waals surface area (Å²) in [4.78, 5) is 4.29. The van der Waals surface area contributed by atoms with E-state index >= 15 is 0 Å². The number of hydrogen-bond donors (Lipinski definition) is 0. The predicted molar refractivity (Wildman–Crippen MR) is 166 cm³/mol. The summed E-state index contributed by atoms with van der Waals surface area (Å²) in [5.74, 6) is 1.70. The highest BCUT2D eigenvalue weighted by atomic mass is 32.2. The SMILES string of the molecule is Cc1cccc(C)c1-c1ccc2c(c1)[C@@]1(S[C@@]13c1c(ccc4ccccc14)SCC3C)c1ccccc1S2. The Kier molecular flexibility index (Phi) is 5.03. The smallest absolute Gasteiger partial charge is 0.0880 e. The predicted octanol–water partition coefficient (Wildman–Crippen LogP) is 10.2. The minimum atomic E-state index is -0.0873. The van der Waals surface area contributed by atoms with Crippen molar-refractivity contribution in [3.63, 3.8) is 0 Å². The van der Waals surface area contributed by atoms with E-state index in [9.17, 15) is 0 Å². The normalized spacial score (nSPS) is 24.8. The van der Waals surface area contributed by atoms with E-state index < -0.39 is 0 Å². The van der Waals surface area contributed by atoms with Crippen molar-refractivity contribution in [1.82, 2.24) is 0 Å². The van der Waals surface area contributed by atoms with Gasteiger partial charge in [-0.3, -0.25) is 0 Å². The van der Waals surface area contributed by atoms with Crippen LogP contribution in [0.2, 0.25) is 0 Å². The van der Waals surface area contributed by atoms with Crippen LogP contribution in [0.15, 0.2) is 112 Å². The van der Waals surface area contributed by atoms with Crippen molar-refractivity contribution in [2.45, 2.75) is 45.0 Å². The zero-order valence-corrected chi connectivity index (χ0v) is 24.2. The maximum atomic E-state index is 2.55. The van der Waals surface area contributed by atoms with Crippen LogP contribution in [0.1, 0.15) is 34.7 Å². The van der Waals surface area contributed by atoms with E-state index in [1.54, 1.807) is 5.56 Å². The molecule has 3 aliphatic heterocycles. The minimum absolute atomic E-state index is 0.0136. The summed E-state index contributed by atoms with van der Waals surface area (Å²) in [7, 11) is 0. The first kappa shape index (κ1) is 23.3. The van der Waals surface area contributed by atoms with Gasteiger partial charge >= 0.3 is 0 Å². The van der Waals surface area contributed by atoms with Crippen LogP contribution >= 0.6 is 35.3 Å².